The van der Waals surface area contributed by atoms with Gasteiger partial charge in [-0.05, 0) is 37.8 Å². The van der Waals surface area contributed by atoms with Crippen molar-refractivity contribution in [3.8, 4) is 0 Å². The number of rotatable bonds is 2. The van der Waals surface area contributed by atoms with E-state index in [0.29, 0.717) is 0 Å². The molecule has 0 saturated carbocycles. The highest BCUT2D eigenvalue weighted by Crippen LogP contribution is 2.49. The Labute approximate surface area is 143 Å². The van der Waals surface area contributed by atoms with Gasteiger partial charge in [0.15, 0.2) is 5.78 Å². The van der Waals surface area contributed by atoms with Crippen LogP contribution in [-0.4, -0.2) is 5.78 Å². The third kappa shape index (κ3) is 3.55. The summed E-state index contributed by atoms with van der Waals surface area (Å²) >= 11 is 1.71. The highest BCUT2D eigenvalue weighted by Gasteiger charge is 2.30. The Morgan fingerprint density at radius 3 is 2.74 bits per heavy atom. The third-order valence-corrected chi connectivity index (χ3v) is 5.41. The summed E-state index contributed by atoms with van der Waals surface area (Å²) in [7, 11) is 0. The number of fused-ring (bicyclic) bond motifs is 1. The zero-order valence-electron chi connectivity index (χ0n) is 14.3. The van der Waals surface area contributed by atoms with Crippen LogP contribution >= 0.6 is 11.8 Å². The van der Waals surface area contributed by atoms with Crippen LogP contribution in [0.15, 0.2) is 52.0 Å². The Morgan fingerprint density at radius 1 is 1.17 bits per heavy atom. The first-order chi connectivity index (χ1) is 11.0. The number of anilines is 1. The molecule has 3 rings (SSSR count). The second-order valence-electron chi connectivity index (χ2n) is 7.30. The topological polar surface area (TPSA) is 20.3 Å². The van der Waals surface area contributed by atoms with Crippen molar-refractivity contribution in [2.24, 2.45) is 5.41 Å². The molecule has 0 radical (unpaired) electrons. The van der Waals surface area contributed by atoms with E-state index in [1.807, 2.05) is 26.8 Å². The summed E-state index contributed by atoms with van der Waals surface area (Å²) < 4.78 is 0. The van der Waals surface area contributed by atoms with E-state index >= 15 is 0 Å². The normalized spacial score (nSPS) is 20.2. The Balaban J connectivity index is 2.01. The minimum atomic E-state index is -0.341. The average molecular weight is 327 g/mol. The Bertz CT molecular complexity index is 666. The molecule has 1 aromatic carbocycles. The molecule has 0 amide bonds. The second kappa shape index (κ2) is 6.56. The first-order valence-corrected chi connectivity index (χ1v) is 9.30. The van der Waals surface area contributed by atoms with Crippen LogP contribution < -0.4 is 4.90 Å². The van der Waals surface area contributed by atoms with Crippen molar-refractivity contribution in [3.05, 3.63) is 47.1 Å². The van der Waals surface area contributed by atoms with Gasteiger partial charge < -0.3 is 4.90 Å². The molecule has 0 saturated heterocycles. The zero-order valence-corrected chi connectivity index (χ0v) is 15.1. The number of thioether (sulfide) groups is 1. The van der Waals surface area contributed by atoms with Gasteiger partial charge in [-0.2, -0.15) is 0 Å². The number of hydrogen-bond acceptors (Lipinski definition) is 3. The standard InChI is InChI=1S/C20H25NOS/c1-20(2,3)18(22)14-19-21(15-10-6-4-5-7-11-15)16-12-8-9-13-17(16)23-19/h8-10,12-14H,4-7,11H2,1-3H3/b19-14-. The summed E-state index contributed by atoms with van der Waals surface area (Å²) in [5.74, 6) is 0.187. The van der Waals surface area contributed by atoms with Crippen LogP contribution in [0.25, 0.3) is 0 Å². The van der Waals surface area contributed by atoms with Crippen molar-refractivity contribution in [2.45, 2.75) is 57.8 Å². The molecular formula is C20H25NOS. The fourth-order valence-electron chi connectivity index (χ4n) is 2.93. The van der Waals surface area contributed by atoms with E-state index in [9.17, 15) is 4.79 Å². The maximum absolute atomic E-state index is 12.5. The van der Waals surface area contributed by atoms with Gasteiger partial charge in [0.1, 0.15) is 0 Å². The molecular weight excluding hydrogens is 302 g/mol. The van der Waals surface area contributed by atoms with Crippen LogP contribution in [0.4, 0.5) is 5.69 Å². The van der Waals surface area contributed by atoms with Gasteiger partial charge in [-0.1, -0.05) is 57.2 Å². The molecule has 1 aliphatic heterocycles. The number of hydrogen-bond donors (Lipinski definition) is 0. The van der Waals surface area contributed by atoms with Crippen molar-refractivity contribution < 1.29 is 4.79 Å². The van der Waals surface area contributed by atoms with E-state index < -0.39 is 0 Å². The molecule has 2 aliphatic rings. The molecule has 0 aromatic heterocycles. The number of nitrogens with zero attached hydrogens (tertiary/aromatic N) is 1. The van der Waals surface area contributed by atoms with Crippen molar-refractivity contribution in [3.63, 3.8) is 0 Å². The quantitative estimate of drug-likeness (QED) is 0.630. The summed E-state index contributed by atoms with van der Waals surface area (Å²) in [5, 5.41) is 1.05. The smallest absolute Gasteiger partial charge is 0.163 e. The highest BCUT2D eigenvalue weighted by atomic mass is 32.2. The van der Waals surface area contributed by atoms with Gasteiger partial charge in [0.25, 0.3) is 0 Å². The predicted octanol–water partition coefficient (Wildman–Crippen LogP) is 5.90. The van der Waals surface area contributed by atoms with Crippen LogP contribution in [0, 0.1) is 5.41 Å². The van der Waals surface area contributed by atoms with Gasteiger partial charge in [-0.3, -0.25) is 4.79 Å². The van der Waals surface area contributed by atoms with E-state index in [0.717, 1.165) is 17.9 Å². The van der Waals surface area contributed by atoms with E-state index in [2.05, 4.69) is 35.2 Å². The molecule has 0 bridgehead atoms. The molecule has 122 valence electrons. The highest BCUT2D eigenvalue weighted by molar-refractivity contribution is 8.03. The van der Waals surface area contributed by atoms with Crippen LogP contribution in [0.3, 0.4) is 0 Å². The lowest BCUT2D eigenvalue weighted by Crippen LogP contribution is -2.22. The lowest BCUT2D eigenvalue weighted by molar-refractivity contribution is -0.121. The second-order valence-corrected chi connectivity index (χ2v) is 8.36. The van der Waals surface area contributed by atoms with Gasteiger partial charge in [0.05, 0.1) is 10.7 Å². The SMILES string of the molecule is CC(C)(C)C(=O)/C=C1\Sc2ccccc2N1C1=CCCCCC1. The van der Waals surface area contributed by atoms with Gasteiger partial charge in [-0.15, -0.1) is 0 Å². The summed E-state index contributed by atoms with van der Waals surface area (Å²) in [6, 6.07) is 8.46. The molecule has 23 heavy (non-hydrogen) atoms. The number of ketones is 1. The fourth-order valence-corrected chi connectivity index (χ4v) is 4.03. The van der Waals surface area contributed by atoms with E-state index in [1.165, 1.54) is 35.5 Å². The van der Waals surface area contributed by atoms with E-state index in [4.69, 9.17) is 0 Å². The largest absolute Gasteiger partial charge is 0.307 e. The van der Waals surface area contributed by atoms with Crippen molar-refractivity contribution >= 4 is 23.2 Å². The van der Waals surface area contributed by atoms with Crippen molar-refractivity contribution in [1.82, 2.24) is 0 Å². The average Bonchev–Trinajstić information content (AvgIpc) is 2.68. The monoisotopic (exact) mass is 327 g/mol. The number of para-hydroxylation sites is 1. The van der Waals surface area contributed by atoms with E-state index in [-0.39, 0.29) is 11.2 Å². The summed E-state index contributed by atoms with van der Waals surface area (Å²) in [6.07, 6.45) is 10.2. The fraction of sp³-hybridized carbons (Fsp3) is 0.450. The molecule has 3 heteroatoms. The molecule has 2 nitrogen and oxygen atoms in total. The number of benzene rings is 1. The molecule has 0 spiro atoms. The van der Waals surface area contributed by atoms with Gasteiger partial charge in [0, 0.05) is 22.1 Å². The predicted molar refractivity (Wildman–Crippen MR) is 98.5 cm³/mol. The molecule has 0 N–H and O–H groups in total. The Kier molecular flexibility index (Phi) is 4.67. The van der Waals surface area contributed by atoms with Gasteiger partial charge >= 0.3 is 0 Å². The van der Waals surface area contributed by atoms with Crippen LogP contribution in [0.5, 0.6) is 0 Å². The third-order valence-electron chi connectivity index (χ3n) is 4.34. The molecule has 0 atom stereocenters. The first kappa shape index (κ1) is 16.4. The maximum atomic E-state index is 12.5. The number of allylic oxidation sites excluding steroid dienone is 3. The maximum Gasteiger partial charge on any atom is 0.163 e. The molecule has 1 aliphatic carbocycles. The van der Waals surface area contributed by atoms with Crippen LogP contribution in [0.1, 0.15) is 52.9 Å². The summed E-state index contributed by atoms with van der Waals surface area (Å²) in [4.78, 5) is 16.1. The lowest BCUT2D eigenvalue weighted by Gasteiger charge is -2.24. The number of carbonyl (C=O) groups is 1. The lowest BCUT2D eigenvalue weighted by atomic mass is 9.91. The molecule has 0 unspecified atom stereocenters. The van der Waals surface area contributed by atoms with Gasteiger partial charge in [-0.25, -0.2) is 0 Å². The summed E-state index contributed by atoms with van der Waals surface area (Å²) in [5.41, 5.74) is 2.23. The minimum absolute atomic E-state index is 0.187. The molecule has 1 heterocycles. The first-order valence-electron chi connectivity index (χ1n) is 8.49. The molecule has 1 aromatic rings. The Morgan fingerprint density at radius 2 is 1.96 bits per heavy atom. The van der Waals surface area contributed by atoms with Crippen molar-refractivity contribution in [2.75, 3.05) is 4.90 Å². The molecule has 0 fully saturated rings. The summed E-state index contributed by atoms with van der Waals surface area (Å²) in [6.45, 7) is 5.94. The van der Waals surface area contributed by atoms with E-state index in [1.54, 1.807) is 11.8 Å². The van der Waals surface area contributed by atoms with Crippen molar-refractivity contribution in [1.29, 1.82) is 0 Å². The zero-order chi connectivity index (χ0) is 16.4. The van der Waals surface area contributed by atoms with Gasteiger partial charge in [0.2, 0.25) is 0 Å². The number of carbonyl (C=O) groups excluding carboxylic acids is 1. The van der Waals surface area contributed by atoms with Crippen LogP contribution in [-0.2, 0) is 4.79 Å². The Hall–Kier alpha value is -1.48. The minimum Gasteiger partial charge on any atom is -0.307 e. The van der Waals surface area contributed by atoms with Crippen LogP contribution in [0.2, 0.25) is 0 Å².